The van der Waals surface area contributed by atoms with Gasteiger partial charge in [0.15, 0.2) is 0 Å². The van der Waals surface area contributed by atoms with Gasteiger partial charge in [0.1, 0.15) is 0 Å². The Morgan fingerprint density at radius 3 is 2.71 bits per heavy atom. The van der Waals surface area contributed by atoms with E-state index in [9.17, 15) is 0 Å². The Hall–Kier alpha value is -0.0800. The van der Waals surface area contributed by atoms with Crippen molar-refractivity contribution >= 4 is 0 Å². The van der Waals surface area contributed by atoms with E-state index in [1.54, 1.807) is 0 Å². The molecule has 0 aromatic heterocycles. The Bertz CT molecular complexity index is 178. The first-order valence-electron chi connectivity index (χ1n) is 7.62. The van der Waals surface area contributed by atoms with Gasteiger partial charge < -0.3 is 10.1 Å². The van der Waals surface area contributed by atoms with Crippen molar-refractivity contribution in [3.63, 3.8) is 0 Å². The van der Waals surface area contributed by atoms with Gasteiger partial charge in [-0.3, -0.25) is 0 Å². The highest BCUT2D eigenvalue weighted by Gasteiger charge is 2.19. The molecule has 1 rings (SSSR count). The van der Waals surface area contributed by atoms with Crippen molar-refractivity contribution in [2.75, 3.05) is 13.2 Å². The summed E-state index contributed by atoms with van der Waals surface area (Å²) in [4.78, 5) is 0. The van der Waals surface area contributed by atoms with Gasteiger partial charge in [-0.25, -0.2) is 0 Å². The standard InChI is InChI=1S/C15H31NO/c1-4-11-16-15(13(3)5-2)10-9-14-8-6-7-12-17-14/h13-16H,4-12H2,1-3H3. The van der Waals surface area contributed by atoms with E-state index in [4.69, 9.17) is 4.74 Å². The lowest BCUT2D eigenvalue weighted by molar-refractivity contribution is 0.00760. The van der Waals surface area contributed by atoms with E-state index in [2.05, 4.69) is 26.1 Å². The Morgan fingerprint density at radius 2 is 2.12 bits per heavy atom. The van der Waals surface area contributed by atoms with Crippen LogP contribution in [-0.4, -0.2) is 25.3 Å². The summed E-state index contributed by atoms with van der Waals surface area (Å²) >= 11 is 0. The highest BCUT2D eigenvalue weighted by molar-refractivity contribution is 4.75. The van der Waals surface area contributed by atoms with Crippen molar-refractivity contribution in [3.05, 3.63) is 0 Å². The molecule has 2 heteroatoms. The van der Waals surface area contributed by atoms with E-state index < -0.39 is 0 Å². The van der Waals surface area contributed by atoms with E-state index in [1.165, 1.54) is 44.9 Å². The fraction of sp³-hybridized carbons (Fsp3) is 1.00. The van der Waals surface area contributed by atoms with Crippen LogP contribution in [0.1, 0.15) is 65.7 Å². The first-order valence-corrected chi connectivity index (χ1v) is 7.62. The maximum absolute atomic E-state index is 5.82. The van der Waals surface area contributed by atoms with Gasteiger partial charge in [-0.15, -0.1) is 0 Å². The van der Waals surface area contributed by atoms with Crippen LogP contribution in [-0.2, 0) is 4.74 Å². The average Bonchev–Trinajstić information content (AvgIpc) is 2.39. The highest BCUT2D eigenvalue weighted by atomic mass is 16.5. The lowest BCUT2D eigenvalue weighted by atomic mass is 9.92. The summed E-state index contributed by atoms with van der Waals surface area (Å²) in [6.45, 7) is 9.05. The molecule has 102 valence electrons. The maximum Gasteiger partial charge on any atom is 0.0575 e. The first-order chi connectivity index (χ1) is 8.27. The van der Waals surface area contributed by atoms with Gasteiger partial charge in [0.2, 0.25) is 0 Å². The van der Waals surface area contributed by atoms with Gasteiger partial charge in [-0.2, -0.15) is 0 Å². The predicted molar refractivity (Wildman–Crippen MR) is 74.4 cm³/mol. The second kappa shape index (κ2) is 8.93. The number of hydrogen-bond donors (Lipinski definition) is 1. The molecule has 0 saturated carbocycles. The molecule has 0 radical (unpaired) electrons. The summed E-state index contributed by atoms with van der Waals surface area (Å²) in [5, 5.41) is 3.70. The van der Waals surface area contributed by atoms with Gasteiger partial charge in [0.05, 0.1) is 6.10 Å². The van der Waals surface area contributed by atoms with Crippen molar-refractivity contribution in [3.8, 4) is 0 Å². The number of hydrogen-bond acceptors (Lipinski definition) is 2. The fourth-order valence-electron chi connectivity index (χ4n) is 2.60. The van der Waals surface area contributed by atoms with Crippen molar-refractivity contribution < 1.29 is 4.74 Å². The Kier molecular flexibility index (Phi) is 7.87. The third kappa shape index (κ3) is 5.87. The molecule has 1 N–H and O–H groups in total. The van der Waals surface area contributed by atoms with Crippen molar-refractivity contribution in [1.29, 1.82) is 0 Å². The van der Waals surface area contributed by atoms with Crippen LogP contribution in [0.3, 0.4) is 0 Å². The molecule has 1 aliphatic heterocycles. The summed E-state index contributed by atoms with van der Waals surface area (Å²) in [5.41, 5.74) is 0. The molecular formula is C15H31NO. The third-order valence-electron chi connectivity index (χ3n) is 4.06. The minimum Gasteiger partial charge on any atom is -0.378 e. The molecule has 0 bridgehead atoms. The van der Waals surface area contributed by atoms with E-state index in [0.717, 1.165) is 19.1 Å². The molecule has 1 fully saturated rings. The summed E-state index contributed by atoms with van der Waals surface area (Å²) in [6, 6.07) is 0.686. The molecule has 1 aliphatic rings. The van der Waals surface area contributed by atoms with Crippen molar-refractivity contribution in [2.24, 2.45) is 5.92 Å². The van der Waals surface area contributed by atoms with E-state index >= 15 is 0 Å². The SMILES string of the molecule is CCCNC(CCC1CCCCO1)C(C)CC. The molecule has 3 unspecified atom stereocenters. The van der Waals surface area contributed by atoms with Crippen LogP contribution in [0.5, 0.6) is 0 Å². The second-order valence-corrected chi connectivity index (χ2v) is 5.51. The summed E-state index contributed by atoms with van der Waals surface area (Å²) in [5.74, 6) is 0.783. The normalized spacial score (nSPS) is 24.5. The molecule has 1 saturated heterocycles. The topological polar surface area (TPSA) is 21.3 Å². The lowest BCUT2D eigenvalue weighted by Crippen LogP contribution is -2.36. The molecule has 0 spiro atoms. The van der Waals surface area contributed by atoms with Crippen LogP contribution in [0.2, 0.25) is 0 Å². The number of rotatable bonds is 8. The monoisotopic (exact) mass is 241 g/mol. The molecule has 0 aromatic rings. The molecule has 0 aliphatic carbocycles. The number of ether oxygens (including phenoxy) is 1. The summed E-state index contributed by atoms with van der Waals surface area (Å²) < 4.78 is 5.82. The first kappa shape index (κ1) is 15.0. The zero-order valence-electron chi connectivity index (χ0n) is 12.0. The Labute approximate surface area is 108 Å². The van der Waals surface area contributed by atoms with Crippen LogP contribution < -0.4 is 5.32 Å². The van der Waals surface area contributed by atoms with Gasteiger partial charge in [0, 0.05) is 12.6 Å². The van der Waals surface area contributed by atoms with E-state index in [0.29, 0.717) is 12.1 Å². The van der Waals surface area contributed by atoms with Crippen LogP contribution >= 0.6 is 0 Å². The Morgan fingerprint density at radius 1 is 1.29 bits per heavy atom. The second-order valence-electron chi connectivity index (χ2n) is 5.51. The molecular weight excluding hydrogens is 210 g/mol. The largest absolute Gasteiger partial charge is 0.378 e. The molecule has 0 aromatic carbocycles. The summed E-state index contributed by atoms with van der Waals surface area (Å²) in [6.07, 6.45) is 9.46. The molecule has 2 nitrogen and oxygen atoms in total. The van der Waals surface area contributed by atoms with Gasteiger partial charge >= 0.3 is 0 Å². The smallest absolute Gasteiger partial charge is 0.0575 e. The predicted octanol–water partition coefficient (Wildman–Crippen LogP) is 3.75. The van der Waals surface area contributed by atoms with Crippen LogP contribution in [0.25, 0.3) is 0 Å². The molecule has 0 amide bonds. The zero-order chi connectivity index (χ0) is 12.5. The lowest BCUT2D eigenvalue weighted by Gasteiger charge is -2.28. The number of nitrogens with one attached hydrogen (secondary N) is 1. The summed E-state index contributed by atoms with van der Waals surface area (Å²) in [7, 11) is 0. The molecule has 3 atom stereocenters. The van der Waals surface area contributed by atoms with Crippen LogP contribution in [0.4, 0.5) is 0 Å². The quantitative estimate of drug-likeness (QED) is 0.699. The molecule has 1 heterocycles. The Balaban J connectivity index is 2.26. The third-order valence-corrected chi connectivity index (χ3v) is 4.06. The average molecular weight is 241 g/mol. The maximum atomic E-state index is 5.82. The molecule has 17 heavy (non-hydrogen) atoms. The fourth-order valence-corrected chi connectivity index (χ4v) is 2.60. The van der Waals surface area contributed by atoms with Crippen molar-refractivity contribution in [1.82, 2.24) is 5.32 Å². The minimum atomic E-state index is 0.540. The van der Waals surface area contributed by atoms with Gasteiger partial charge in [-0.05, 0) is 51.0 Å². The zero-order valence-corrected chi connectivity index (χ0v) is 12.0. The van der Waals surface area contributed by atoms with Gasteiger partial charge in [-0.1, -0.05) is 27.2 Å². The highest BCUT2D eigenvalue weighted by Crippen LogP contribution is 2.20. The van der Waals surface area contributed by atoms with Crippen LogP contribution in [0.15, 0.2) is 0 Å². The van der Waals surface area contributed by atoms with E-state index in [-0.39, 0.29) is 0 Å². The minimum absolute atomic E-state index is 0.540. The van der Waals surface area contributed by atoms with Crippen molar-refractivity contribution in [2.45, 2.75) is 77.9 Å². The van der Waals surface area contributed by atoms with E-state index in [1.807, 2.05) is 0 Å². The van der Waals surface area contributed by atoms with Gasteiger partial charge in [0.25, 0.3) is 0 Å². The van der Waals surface area contributed by atoms with Crippen LogP contribution in [0, 0.1) is 5.92 Å².